The van der Waals surface area contributed by atoms with E-state index in [1.165, 1.54) is 12.3 Å². The molecule has 3 aliphatic rings. The maximum Gasteiger partial charge on any atom is 1.00 e. The molecule has 1 aromatic heterocycles. The van der Waals surface area contributed by atoms with Crippen LogP contribution in [0.1, 0.15) is 51.2 Å². The van der Waals surface area contributed by atoms with Gasteiger partial charge in [-0.25, -0.2) is 8.78 Å². The van der Waals surface area contributed by atoms with Gasteiger partial charge in [0.2, 0.25) is 0 Å². The predicted octanol–water partition coefficient (Wildman–Crippen LogP) is -0.486. The molecule has 9 heteroatoms. The van der Waals surface area contributed by atoms with Crippen molar-refractivity contribution in [1.82, 2.24) is 14.4 Å². The van der Waals surface area contributed by atoms with E-state index in [1.54, 1.807) is 11.5 Å². The van der Waals surface area contributed by atoms with Crippen molar-refractivity contribution in [3.05, 3.63) is 68.6 Å². The standard InChI is InChI=1S/C23H23F2N3O3.Na/c1-13-21-23(31)28-10-16-3-2-8-27(16)20(28)12-26(21)11-17(22(13)30)19(29)7-5-14-4-6-15(24)9-18(14)25;/h4,6,9,11,16,20H,2-3,5,7-8,10,12H2,1H3;/q;+1/t16-,20+;/m1./s1. The Bertz CT molecular complexity index is 1170. The summed E-state index contributed by atoms with van der Waals surface area (Å²) < 4.78 is 28.7. The SMILES string of the molecule is Cc1c2n(cc(C(=O)CCc3ccc(F)cc3F)c1=O)C[C@@H]1N(C[C@H]3CCCN31)C2=O.[Na+]. The molecule has 162 valence electrons. The van der Waals surface area contributed by atoms with Crippen molar-refractivity contribution in [2.24, 2.45) is 0 Å². The number of hydrogen-bond acceptors (Lipinski definition) is 4. The molecular formula is C23H23F2N3NaO3+. The summed E-state index contributed by atoms with van der Waals surface area (Å²) in [5.74, 6) is -1.96. The smallest absolute Gasteiger partial charge is 0.339 e. The number of carbonyl (C=O) groups is 2. The third kappa shape index (κ3) is 3.77. The Morgan fingerprint density at radius 1 is 1.19 bits per heavy atom. The second-order valence-electron chi connectivity index (χ2n) is 8.63. The van der Waals surface area contributed by atoms with E-state index in [-0.39, 0.29) is 71.2 Å². The topological polar surface area (TPSA) is 62.6 Å². The van der Waals surface area contributed by atoms with E-state index in [0.29, 0.717) is 24.8 Å². The van der Waals surface area contributed by atoms with Gasteiger partial charge < -0.3 is 9.47 Å². The van der Waals surface area contributed by atoms with Crippen LogP contribution in [0.3, 0.4) is 0 Å². The molecule has 1 aromatic carbocycles. The molecule has 0 spiro atoms. The van der Waals surface area contributed by atoms with Gasteiger partial charge in [-0.3, -0.25) is 19.3 Å². The number of nitrogens with zero attached hydrogens (tertiary/aromatic N) is 3. The van der Waals surface area contributed by atoms with Crippen molar-refractivity contribution < 1.29 is 47.9 Å². The van der Waals surface area contributed by atoms with E-state index in [9.17, 15) is 23.2 Å². The van der Waals surface area contributed by atoms with Crippen LogP contribution in [-0.2, 0) is 13.0 Å². The van der Waals surface area contributed by atoms with Crippen molar-refractivity contribution in [1.29, 1.82) is 0 Å². The largest absolute Gasteiger partial charge is 1.00 e. The Morgan fingerprint density at radius 3 is 2.72 bits per heavy atom. The van der Waals surface area contributed by atoms with Gasteiger partial charge in [0, 0.05) is 43.4 Å². The van der Waals surface area contributed by atoms with Gasteiger partial charge in [0.25, 0.3) is 5.91 Å². The van der Waals surface area contributed by atoms with E-state index in [2.05, 4.69) is 4.90 Å². The van der Waals surface area contributed by atoms with Crippen LogP contribution in [0.2, 0.25) is 0 Å². The van der Waals surface area contributed by atoms with Crippen LogP contribution >= 0.6 is 0 Å². The summed E-state index contributed by atoms with van der Waals surface area (Å²) in [6.07, 6.45) is 3.61. The number of Topliss-reactive ketones (excluding diaryl/α,β-unsaturated/α-hetero) is 1. The van der Waals surface area contributed by atoms with Crippen molar-refractivity contribution in [2.45, 2.75) is 51.4 Å². The van der Waals surface area contributed by atoms with Crippen LogP contribution in [0.5, 0.6) is 0 Å². The van der Waals surface area contributed by atoms with E-state index in [4.69, 9.17) is 0 Å². The fraction of sp³-hybridized carbons (Fsp3) is 0.435. The van der Waals surface area contributed by atoms with Crippen LogP contribution in [0.25, 0.3) is 0 Å². The number of ketones is 1. The number of rotatable bonds is 4. The normalized spacial score (nSPS) is 21.7. The summed E-state index contributed by atoms with van der Waals surface area (Å²) in [7, 11) is 0. The van der Waals surface area contributed by atoms with Crippen LogP contribution in [0, 0.1) is 18.6 Å². The zero-order valence-corrected chi connectivity index (χ0v) is 20.2. The van der Waals surface area contributed by atoms with Gasteiger partial charge in [0.15, 0.2) is 11.2 Å². The molecule has 0 bridgehead atoms. The molecule has 0 saturated carbocycles. The number of pyridine rings is 1. The Balaban J connectivity index is 0.00000245. The van der Waals surface area contributed by atoms with Gasteiger partial charge in [-0.15, -0.1) is 0 Å². The number of fused-ring (bicyclic) bond motifs is 4. The van der Waals surface area contributed by atoms with Crippen molar-refractivity contribution in [2.75, 3.05) is 13.1 Å². The number of benzene rings is 1. The minimum Gasteiger partial charge on any atom is -0.339 e. The number of aromatic nitrogens is 1. The maximum absolute atomic E-state index is 13.9. The molecule has 4 heterocycles. The average molecular weight is 450 g/mol. The van der Waals surface area contributed by atoms with E-state index < -0.39 is 22.8 Å². The number of carbonyl (C=O) groups excluding carboxylic acids is 2. The Labute approximate surface area is 206 Å². The van der Waals surface area contributed by atoms with E-state index in [0.717, 1.165) is 31.5 Å². The zero-order chi connectivity index (χ0) is 21.9. The third-order valence-electron chi connectivity index (χ3n) is 6.85. The van der Waals surface area contributed by atoms with Gasteiger partial charge in [-0.1, -0.05) is 6.07 Å². The first-order chi connectivity index (χ1) is 14.8. The van der Waals surface area contributed by atoms with Crippen LogP contribution in [-0.4, -0.2) is 51.4 Å². The molecule has 0 radical (unpaired) electrons. The minimum absolute atomic E-state index is 0. The molecular weight excluding hydrogens is 427 g/mol. The van der Waals surface area contributed by atoms with Crippen LogP contribution in [0.4, 0.5) is 8.78 Å². The quantitative estimate of drug-likeness (QED) is 0.466. The first kappa shape index (κ1) is 23.3. The molecule has 2 fully saturated rings. The van der Waals surface area contributed by atoms with Gasteiger partial charge in [-0.2, -0.15) is 0 Å². The van der Waals surface area contributed by atoms with Gasteiger partial charge >= 0.3 is 29.6 Å². The summed E-state index contributed by atoms with van der Waals surface area (Å²) in [5, 5.41) is 0. The van der Waals surface area contributed by atoms with E-state index in [1.807, 2.05) is 4.90 Å². The molecule has 0 aliphatic carbocycles. The average Bonchev–Trinajstić information content (AvgIpc) is 3.32. The van der Waals surface area contributed by atoms with Crippen LogP contribution < -0.4 is 35.0 Å². The summed E-state index contributed by atoms with van der Waals surface area (Å²) >= 11 is 0. The zero-order valence-electron chi connectivity index (χ0n) is 18.2. The molecule has 2 aromatic rings. The fourth-order valence-electron chi connectivity index (χ4n) is 5.24. The predicted molar refractivity (Wildman–Crippen MR) is 109 cm³/mol. The molecule has 2 atom stereocenters. The first-order valence-corrected chi connectivity index (χ1v) is 10.6. The number of amides is 1. The summed E-state index contributed by atoms with van der Waals surface area (Å²) in [4.78, 5) is 43.1. The molecule has 3 aliphatic heterocycles. The van der Waals surface area contributed by atoms with Crippen molar-refractivity contribution >= 4 is 11.7 Å². The summed E-state index contributed by atoms with van der Waals surface area (Å²) in [6, 6.07) is 3.60. The van der Waals surface area contributed by atoms with Gasteiger partial charge in [0.1, 0.15) is 23.5 Å². The second-order valence-corrected chi connectivity index (χ2v) is 8.63. The molecule has 5 rings (SSSR count). The monoisotopic (exact) mass is 450 g/mol. The fourth-order valence-corrected chi connectivity index (χ4v) is 5.24. The minimum atomic E-state index is -0.710. The molecule has 0 N–H and O–H groups in total. The first-order valence-electron chi connectivity index (χ1n) is 10.6. The third-order valence-corrected chi connectivity index (χ3v) is 6.85. The van der Waals surface area contributed by atoms with Gasteiger partial charge in [0.05, 0.1) is 12.1 Å². The molecule has 1 amide bonds. The number of hydrogen-bond donors (Lipinski definition) is 0. The Morgan fingerprint density at radius 2 is 1.97 bits per heavy atom. The van der Waals surface area contributed by atoms with Crippen LogP contribution in [0.15, 0.2) is 29.2 Å². The summed E-state index contributed by atoms with van der Waals surface area (Å²) in [6.45, 7) is 3.73. The molecule has 6 nitrogen and oxygen atoms in total. The second kappa shape index (κ2) is 8.82. The molecule has 2 saturated heterocycles. The molecule has 0 unspecified atom stereocenters. The Kier molecular flexibility index (Phi) is 6.42. The van der Waals surface area contributed by atoms with Crippen molar-refractivity contribution in [3.8, 4) is 0 Å². The van der Waals surface area contributed by atoms with E-state index >= 15 is 0 Å². The van der Waals surface area contributed by atoms with Gasteiger partial charge in [-0.05, 0) is 37.8 Å². The maximum atomic E-state index is 13.9. The van der Waals surface area contributed by atoms with Crippen molar-refractivity contribution in [3.63, 3.8) is 0 Å². The molecule has 32 heavy (non-hydrogen) atoms. The summed E-state index contributed by atoms with van der Waals surface area (Å²) in [5.41, 5.74) is 0.405. The Hall–Kier alpha value is -1.87. The number of aryl methyl sites for hydroxylation is 1. The number of halogens is 2.